The van der Waals surface area contributed by atoms with E-state index in [1.54, 1.807) is 12.4 Å². The molecule has 2 aromatic heterocycles. The standard InChI is InChI=1S/C18H19Cl2N5/c1-18(21)7-9-24(10-8-18)15-6-5-13(17-22-11-23-25(15)17)12-3-2-4-14(19)16(12)20/h2-6,11H,7-10,21H2,1H3. The largest absolute Gasteiger partial charge is 0.356 e. The Morgan fingerprint density at radius 2 is 1.84 bits per heavy atom. The maximum absolute atomic E-state index is 6.40. The number of nitrogens with zero attached hydrogens (tertiary/aromatic N) is 4. The summed E-state index contributed by atoms with van der Waals surface area (Å²) >= 11 is 12.6. The van der Waals surface area contributed by atoms with Gasteiger partial charge in [0.15, 0.2) is 5.65 Å². The van der Waals surface area contributed by atoms with Gasteiger partial charge in [-0.05, 0) is 38.0 Å². The topological polar surface area (TPSA) is 59.5 Å². The third kappa shape index (κ3) is 2.97. The van der Waals surface area contributed by atoms with E-state index in [4.69, 9.17) is 28.9 Å². The average molecular weight is 376 g/mol. The molecule has 4 rings (SSSR count). The minimum absolute atomic E-state index is 0.0910. The number of nitrogens with two attached hydrogens (primary N) is 1. The fraction of sp³-hybridized carbons (Fsp3) is 0.333. The molecule has 7 heteroatoms. The van der Waals surface area contributed by atoms with Crippen LogP contribution >= 0.6 is 23.2 Å². The van der Waals surface area contributed by atoms with Crippen molar-refractivity contribution in [2.24, 2.45) is 5.73 Å². The van der Waals surface area contributed by atoms with Crippen LogP contribution in [0.25, 0.3) is 16.8 Å². The highest BCUT2D eigenvalue weighted by molar-refractivity contribution is 6.43. The van der Waals surface area contributed by atoms with Crippen molar-refractivity contribution in [3.63, 3.8) is 0 Å². The van der Waals surface area contributed by atoms with Crippen molar-refractivity contribution in [2.45, 2.75) is 25.3 Å². The minimum atomic E-state index is -0.0910. The molecule has 1 fully saturated rings. The Morgan fingerprint density at radius 3 is 2.60 bits per heavy atom. The number of pyridine rings is 1. The predicted molar refractivity (Wildman–Crippen MR) is 102 cm³/mol. The Balaban J connectivity index is 1.79. The first-order valence-electron chi connectivity index (χ1n) is 8.27. The van der Waals surface area contributed by atoms with Gasteiger partial charge in [-0.15, -0.1) is 0 Å². The van der Waals surface area contributed by atoms with Crippen LogP contribution in [0.15, 0.2) is 36.7 Å². The van der Waals surface area contributed by atoms with Crippen LogP contribution in [0.3, 0.4) is 0 Å². The van der Waals surface area contributed by atoms with Crippen LogP contribution in [0.2, 0.25) is 10.0 Å². The zero-order valence-corrected chi connectivity index (χ0v) is 15.4. The molecular formula is C18H19Cl2N5. The van der Waals surface area contributed by atoms with E-state index in [1.807, 2.05) is 22.7 Å². The Morgan fingerprint density at radius 1 is 1.08 bits per heavy atom. The van der Waals surface area contributed by atoms with Crippen LogP contribution in [0, 0.1) is 0 Å². The zero-order valence-electron chi connectivity index (χ0n) is 13.9. The summed E-state index contributed by atoms with van der Waals surface area (Å²) in [5.41, 5.74) is 8.69. The van der Waals surface area contributed by atoms with Crippen molar-refractivity contribution in [1.82, 2.24) is 14.6 Å². The molecule has 0 unspecified atom stereocenters. The van der Waals surface area contributed by atoms with Gasteiger partial charge in [-0.1, -0.05) is 35.3 Å². The fourth-order valence-electron chi connectivity index (χ4n) is 3.30. The highest BCUT2D eigenvalue weighted by Crippen LogP contribution is 2.36. The first-order valence-corrected chi connectivity index (χ1v) is 9.03. The van der Waals surface area contributed by atoms with Crippen molar-refractivity contribution in [2.75, 3.05) is 18.0 Å². The van der Waals surface area contributed by atoms with Gasteiger partial charge >= 0.3 is 0 Å². The molecule has 0 amide bonds. The summed E-state index contributed by atoms with van der Waals surface area (Å²) in [6.07, 6.45) is 3.47. The normalized spacial score (nSPS) is 17.2. The van der Waals surface area contributed by atoms with Crippen molar-refractivity contribution in [3.8, 4) is 11.1 Å². The molecule has 0 spiro atoms. The molecule has 1 aliphatic heterocycles. The predicted octanol–water partition coefficient (Wildman–Crippen LogP) is 4.02. The van der Waals surface area contributed by atoms with E-state index in [2.05, 4.69) is 28.0 Å². The van der Waals surface area contributed by atoms with Gasteiger partial charge in [-0.25, -0.2) is 4.98 Å². The monoisotopic (exact) mass is 375 g/mol. The minimum Gasteiger partial charge on any atom is -0.356 e. The lowest BCUT2D eigenvalue weighted by Gasteiger charge is -2.37. The Hall–Kier alpha value is -1.82. The van der Waals surface area contributed by atoms with Gasteiger partial charge in [0, 0.05) is 29.8 Å². The number of hydrogen-bond acceptors (Lipinski definition) is 4. The molecule has 1 aliphatic rings. The van der Waals surface area contributed by atoms with Crippen LogP contribution in [0.5, 0.6) is 0 Å². The molecule has 0 atom stereocenters. The van der Waals surface area contributed by atoms with E-state index in [9.17, 15) is 0 Å². The van der Waals surface area contributed by atoms with Crippen molar-refractivity contribution in [3.05, 3.63) is 46.7 Å². The summed E-state index contributed by atoms with van der Waals surface area (Å²) in [4.78, 5) is 6.75. The van der Waals surface area contributed by atoms with Crippen LogP contribution in [-0.2, 0) is 0 Å². The number of benzene rings is 1. The first kappa shape index (κ1) is 16.6. The number of piperidine rings is 1. The fourth-order valence-corrected chi connectivity index (χ4v) is 3.71. The second-order valence-electron chi connectivity index (χ2n) is 6.84. The number of anilines is 1. The van der Waals surface area contributed by atoms with Crippen LogP contribution in [0.4, 0.5) is 5.82 Å². The molecule has 1 aromatic carbocycles. The lowest BCUT2D eigenvalue weighted by atomic mass is 9.91. The second-order valence-corrected chi connectivity index (χ2v) is 7.63. The number of rotatable bonds is 2. The maximum Gasteiger partial charge on any atom is 0.165 e. The molecule has 0 aliphatic carbocycles. The highest BCUT2D eigenvalue weighted by Gasteiger charge is 2.27. The summed E-state index contributed by atoms with van der Waals surface area (Å²) in [5, 5.41) is 5.48. The van der Waals surface area contributed by atoms with E-state index in [-0.39, 0.29) is 5.54 Å². The number of hydrogen-bond donors (Lipinski definition) is 1. The highest BCUT2D eigenvalue weighted by atomic mass is 35.5. The van der Waals surface area contributed by atoms with Gasteiger partial charge in [-0.3, -0.25) is 0 Å². The van der Waals surface area contributed by atoms with Gasteiger partial charge in [0.05, 0.1) is 10.0 Å². The van der Waals surface area contributed by atoms with Crippen LogP contribution < -0.4 is 10.6 Å². The molecule has 2 N–H and O–H groups in total. The number of aromatic nitrogens is 3. The van der Waals surface area contributed by atoms with Crippen molar-refractivity contribution >= 4 is 34.7 Å². The van der Waals surface area contributed by atoms with E-state index in [0.717, 1.165) is 48.5 Å². The Labute approximate surface area is 156 Å². The van der Waals surface area contributed by atoms with Gasteiger partial charge in [0.2, 0.25) is 0 Å². The molecule has 3 aromatic rings. The van der Waals surface area contributed by atoms with E-state index >= 15 is 0 Å². The summed E-state index contributed by atoms with van der Waals surface area (Å²) in [6, 6.07) is 9.70. The summed E-state index contributed by atoms with van der Waals surface area (Å²) in [5.74, 6) is 1.02. The van der Waals surface area contributed by atoms with Gasteiger partial charge in [0.1, 0.15) is 12.1 Å². The van der Waals surface area contributed by atoms with E-state index < -0.39 is 0 Å². The molecule has 0 radical (unpaired) electrons. The molecule has 5 nitrogen and oxygen atoms in total. The Kier molecular flexibility index (Phi) is 4.10. The summed E-state index contributed by atoms with van der Waals surface area (Å²) in [7, 11) is 0. The van der Waals surface area contributed by atoms with Gasteiger partial charge in [-0.2, -0.15) is 9.61 Å². The second kappa shape index (κ2) is 6.16. The smallest absolute Gasteiger partial charge is 0.165 e. The van der Waals surface area contributed by atoms with Crippen molar-refractivity contribution in [1.29, 1.82) is 0 Å². The molecule has 0 bridgehead atoms. The maximum atomic E-state index is 6.40. The van der Waals surface area contributed by atoms with Crippen molar-refractivity contribution < 1.29 is 0 Å². The van der Waals surface area contributed by atoms with E-state index in [1.165, 1.54) is 0 Å². The van der Waals surface area contributed by atoms with E-state index in [0.29, 0.717) is 10.0 Å². The third-order valence-electron chi connectivity index (χ3n) is 4.88. The number of halogens is 2. The molecule has 0 saturated carbocycles. The van der Waals surface area contributed by atoms with Gasteiger partial charge in [0.25, 0.3) is 0 Å². The summed E-state index contributed by atoms with van der Waals surface area (Å²) in [6.45, 7) is 3.91. The quantitative estimate of drug-likeness (QED) is 0.734. The first-order chi connectivity index (χ1) is 12.0. The van der Waals surface area contributed by atoms with Gasteiger partial charge < -0.3 is 10.6 Å². The summed E-state index contributed by atoms with van der Waals surface area (Å²) < 4.78 is 1.87. The molecule has 3 heterocycles. The molecule has 130 valence electrons. The molecular weight excluding hydrogens is 357 g/mol. The zero-order chi connectivity index (χ0) is 17.6. The SMILES string of the molecule is CC1(N)CCN(c2ccc(-c3cccc(Cl)c3Cl)c3ncnn23)CC1. The van der Waals surface area contributed by atoms with Crippen LogP contribution in [-0.4, -0.2) is 33.2 Å². The van der Waals surface area contributed by atoms with Crippen LogP contribution in [0.1, 0.15) is 19.8 Å². The lowest BCUT2D eigenvalue weighted by molar-refractivity contribution is 0.362. The third-order valence-corrected chi connectivity index (χ3v) is 5.70. The molecule has 1 saturated heterocycles. The Bertz CT molecular complexity index is 924. The lowest BCUT2D eigenvalue weighted by Crippen LogP contribution is -2.48. The average Bonchev–Trinajstić information content (AvgIpc) is 3.07. The molecule has 25 heavy (non-hydrogen) atoms. The number of fused-ring (bicyclic) bond motifs is 1.